The van der Waals surface area contributed by atoms with Crippen molar-refractivity contribution >= 4 is 10.9 Å². The molecule has 0 unspecified atom stereocenters. The lowest BCUT2D eigenvalue weighted by Gasteiger charge is -2.11. The van der Waals surface area contributed by atoms with E-state index in [1.165, 1.54) is 47.8 Å². The van der Waals surface area contributed by atoms with Crippen LogP contribution in [0.25, 0.3) is 10.9 Å². The summed E-state index contributed by atoms with van der Waals surface area (Å²) in [6.45, 7) is 4.29. The van der Waals surface area contributed by atoms with Gasteiger partial charge in [0.05, 0.1) is 17.3 Å². The molecule has 0 atom stereocenters. The summed E-state index contributed by atoms with van der Waals surface area (Å²) in [5, 5.41) is 6.21. The maximum Gasteiger partial charge on any atom is 0.0700 e. The summed E-state index contributed by atoms with van der Waals surface area (Å²) >= 11 is 0. The number of hydrogen-bond acceptors (Lipinski definition) is 1. The third-order valence-corrected chi connectivity index (χ3v) is 4.15. The Morgan fingerprint density at radius 1 is 1.33 bits per heavy atom. The Kier molecular flexibility index (Phi) is 3.11. The van der Waals surface area contributed by atoms with E-state index in [2.05, 4.69) is 43.1 Å². The Morgan fingerprint density at radius 3 is 2.78 bits per heavy atom. The van der Waals surface area contributed by atoms with Gasteiger partial charge in [0, 0.05) is 5.39 Å². The van der Waals surface area contributed by atoms with Crippen molar-refractivity contribution in [3.8, 4) is 0 Å². The minimum absolute atomic E-state index is 0.625. The molecule has 0 spiro atoms. The van der Waals surface area contributed by atoms with Crippen molar-refractivity contribution in [2.24, 2.45) is 0 Å². The molecule has 1 aromatic carbocycles. The van der Waals surface area contributed by atoms with Crippen LogP contribution in [0.15, 0.2) is 18.2 Å². The summed E-state index contributed by atoms with van der Waals surface area (Å²) in [4.78, 5) is 0. The number of aromatic nitrogens is 2. The highest BCUT2D eigenvalue weighted by Gasteiger charge is 2.21. The van der Waals surface area contributed by atoms with Gasteiger partial charge in [0.15, 0.2) is 0 Å². The first-order chi connectivity index (χ1) is 8.83. The monoisotopic (exact) mass is 241 g/mol. The van der Waals surface area contributed by atoms with E-state index < -0.39 is 0 Å². The van der Waals surface area contributed by atoms with Crippen LogP contribution in [0.4, 0.5) is 0 Å². The van der Waals surface area contributed by atoms with Gasteiger partial charge < -0.3 is 0 Å². The normalized spacial score (nSPS) is 16.8. The van der Waals surface area contributed by atoms with E-state index in [1.54, 1.807) is 0 Å². The third kappa shape index (κ3) is 1.84. The van der Waals surface area contributed by atoms with Crippen molar-refractivity contribution in [3.63, 3.8) is 0 Å². The Balaban J connectivity index is 2.16. The minimum Gasteiger partial charge on any atom is -0.262 e. The molecule has 1 heterocycles. The summed E-state index contributed by atoms with van der Waals surface area (Å²) in [5.74, 6) is 0. The smallest absolute Gasteiger partial charge is 0.0700 e. The minimum atomic E-state index is 0.625. The van der Waals surface area contributed by atoms with Crippen LogP contribution in [0.1, 0.15) is 56.8 Å². The van der Waals surface area contributed by atoms with Crippen molar-refractivity contribution in [2.45, 2.75) is 52.0 Å². The summed E-state index contributed by atoms with van der Waals surface area (Å²) < 4.78 is 2.30. The molecule has 1 aliphatic carbocycles. The summed E-state index contributed by atoms with van der Waals surface area (Å²) in [7, 11) is 0. The SMILES string of the molecule is C[CH]c1ccc2c(CC)nn(C3CCCC3)c2c1. The molecule has 1 aromatic heterocycles. The Bertz CT molecular complexity index is 547. The molecule has 2 heteroatoms. The average molecular weight is 241 g/mol. The molecule has 1 aliphatic rings. The van der Waals surface area contributed by atoms with Gasteiger partial charge in [-0.25, -0.2) is 0 Å². The van der Waals surface area contributed by atoms with Crippen LogP contribution < -0.4 is 0 Å². The van der Waals surface area contributed by atoms with Gasteiger partial charge in [-0.3, -0.25) is 4.68 Å². The van der Waals surface area contributed by atoms with Crippen LogP contribution in [-0.2, 0) is 6.42 Å². The zero-order valence-corrected chi connectivity index (χ0v) is 11.3. The number of hydrogen-bond donors (Lipinski definition) is 0. The number of nitrogens with zero attached hydrogens (tertiary/aromatic N) is 2. The first-order valence-electron chi connectivity index (χ1n) is 7.14. The Morgan fingerprint density at radius 2 is 2.11 bits per heavy atom. The summed E-state index contributed by atoms with van der Waals surface area (Å²) in [5.41, 5.74) is 3.87. The molecule has 1 radical (unpaired) electrons. The highest BCUT2D eigenvalue weighted by atomic mass is 15.3. The van der Waals surface area contributed by atoms with Crippen LogP contribution in [0, 0.1) is 6.42 Å². The first-order valence-corrected chi connectivity index (χ1v) is 7.14. The van der Waals surface area contributed by atoms with E-state index >= 15 is 0 Å². The van der Waals surface area contributed by atoms with Crippen LogP contribution in [0.5, 0.6) is 0 Å². The first kappa shape index (κ1) is 11.8. The zero-order chi connectivity index (χ0) is 12.5. The molecule has 0 bridgehead atoms. The highest BCUT2D eigenvalue weighted by Crippen LogP contribution is 2.33. The van der Waals surface area contributed by atoms with Gasteiger partial charge in [0.1, 0.15) is 0 Å². The topological polar surface area (TPSA) is 17.8 Å². The van der Waals surface area contributed by atoms with E-state index in [0.29, 0.717) is 6.04 Å². The van der Waals surface area contributed by atoms with Gasteiger partial charge in [-0.2, -0.15) is 5.10 Å². The van der Waals surface area contributed by atoms with Gasteiger partial charge in [-0.1, -0.05) is 38.8 Å². The molecule has 1 fully saturated rings. The van der Waals surface area contributed by atoms with Crippen molar-refractivity contribution in [2.75, 3.05) is 0 Å². The maximum atomic E-state index is 4.87. The molecule has 2 nitrogen and oxygen atoms in total. The van der Waals surface area contributed by atoms with E-state index in [1.807, 2.05) is 0 Å². The van der Waals surface area contributed by atoms with Gasteiger partial charge in [-0.05, 0) is 37.3 Å². The van der Waals surface area contributed by atoms with Crippen molar-refractivity contribution in [3.05, 3.63) is 35.9 Å². The second-order valence-electron chi connectivity index (χ2n) is 5.25. The van der Waals surface area contributed by atoms with Gasteiger partial charge >= 0.3 is 0 Å². The standard InChI is InChI=1S/C16H21N2/c1-3-12-9-10-14-15(4-2)17-18(16(14)11-12)13-7-5-6-8-13/h3,9-11,13H,4-8H2,1-2H3. The van der Waals surface area contributed by atoms with Gasteiger partial charge in [-0.15, -0.1) is 0 Å². The van der Waals surface area contributed by atoms with Crippen LogP contribution in [0.3, 0.4) is 0 Å². The van der Waals surface area contributed by atoms with Crippen LogP contribution in [0.2, 0.25) is 0 Å². The highest BCUT2D eigenvalue weighted by molar-refractivity contribution is 5.83. The van der Waals surface area contributed by atoms with Gasteiger partial charge in [0.25, 0.3) is 0 Å². The van der Waals surface area contributed by atoms with Crippen molar-refractivity contribution in [1.29, 1.82) is 0 Å². The number of rotatable bonds is 3. The number of fused-ring (bicyclic) bond motifs is 1. The molecule has 95 valence electrons. The lowest BCUT2D eigenvalue weighted by molar-refractivity contribution is 0.477. The van der Waals surface area contributed by atoms with Crippen molar-refractivity contribution < 1.29 is 0 Å². The molecule has 3 rings (SSSR count). The second kappa shape index (κ2) is 4.75. The van der Waals surface area contributed by atoms with Crippen LogP contribution in [-0.4, -0.2) is 9.78 Å². The predicted molar refractivity (Wildman–Crippen MR) is 75.7 cm³/mol. The zero-order valence-electron chi connectivity index (χ0n) is 11.3. The summed E-state index contributed by atoms with van der Waals surface area (Å²) in [6, 6.07) is 7.35. The molecule has 2 aromatic rings. The molecule has 0 amide bonds. The largest absolute Gasteiger partial charge is 0.262 e. The van der Waals surface area contributed by atoms with Crippen LogP contribution >= 0.6 is 0 Å². The number of benzene rings is 1. The van der Waals surface area contributed by atoms with Gasteiger partial charge in [0.2, 0.25) is 0 Å². The Hall–Kier alpha value is -1.31. The molecular weight excluding hydrogens is 220 g/mol. The van der Waals surface area contributed by atoms with E-state index in [0.717, 1.165) is 6.42 Å². The third-order valence-electron chi connectivity index (χ3n) is 4.15. The van der Waals surface area contributed by atoms with Crippen molar-refractivity contribution in [1.82, 2.24) is 9.78 Å². The quantitative estimate of drug-likeness (QED) is 0.784. The molecular formula is C16H21N2. The fourth-order valence-electron chi connectivity index (χ4n) is 3.09. The van der Waals surface area contributed by atoms with E-state index in [9.17, 15) is 0 Å². The van der Waals surface area contributed by atoms with E-state index in [-0.39, 0.29) is 0 Å². The lowest BCUT2D eigenvalue weighted by Crippen LogP contribution is -2.06. The molecule has 0 aliphatic heterocycles. The second-order valence-corrected chi connectivity index (χ2v) is 5.25. The molecule has 0 saturated heterocycles. The predicted octanol–water partition coefficient (Wildman–Crippen LogP) is 4.29. The fraction of sp³-hybridized carbons (Fsp3) is 0.500. The average Bonchev–Trinajstić information content (AvgIpc) is 3.04. The lowest BCUT2D eigenvalue weighted by atomic mass is 10.1. The van der Waals surface area contributed by atoms with E-state index in [4.69, 9.17) is 5.10 Å². The fourth-order valence-corrected chi connectivity index (χ4v) is 3.09. The Labute approximate surface area is 109 Å². The molecule has 1 saturated carbocycles. The number of aryl methyl sites for hydroxylation is 1. The molecule has 18 heavy (non-hydrogen) atoms. The maximum absolute atomic E-state index is 4.87. The summed E-state index contributed by atoms with van der Waals surface area (Å²) in [6.07, 6.45) is 8.47. The molecule has 0 N–H and O–H groups in total.